The summed E-state index contributed by atoms with van der Waals surface area (Å²) in [7, 11) is 0. The highest BCUT2D eigenvalue weighted by atomic mass is 14.3. The Kier molecular flexibility index (Phi) is 10.2. The second-order valence-electron chi connectivity index (χ2n) is 10.9. The zero-order chi connectivity index (χ0) is 25.0. The Morgan fingerprint density at radius 2 is 1.25 bits per heavy atom. The molecule has 0 N–H and O–H groups in total. The molecule has 188 valence electrons. The van der Waals surface area contributed by atoms with Crippen molar-refractivity contribution in [2.45, 2.75) is 77.6 Å². The molecule has 0 heterocycles. The third-order valence-corrected chi connectivity index (χ3v) is 8.12. The maximum Gasteiger partial charge on any atom is -0.0150 e. The molecule has 36 heavy (non-hydrogen) atoms. The largest absolute Gasteiger partial charge is 0.0917 e. The Hall–Kier alpha value is -2.86. The van der Waals surface area contributed by atoms with Crippen molar-refractivity contribution in [2.24, 2.45) is 11.8 Å². The van der Waals surface area contributed by atoms with Gasteiger partial charge in [-0.25, -0.2) is 0 Å². The predicted molar refractivity (Wildman–Crippen MR) is 158 cm³/mol. The second kappa shape index (κ2) is 14.0. The Balaban J connectivity index is 1.20. The van der Waals surface area contributed by atoms with Crippen LogP contribution in [0.1, 0.15) is 92.5 Å². The van der Waals surface area contributed by atoms with E-state index in [9.17, 15) is 0 Å². The summed E-state index contributed by atoms with van der Waals surface area (Å²) in [4.78, 5) is 0. The number of allylic oxidation sites excluding steroid dienone is 2. The summed E-state index contributed by atoms with van der Waals surface area (Å²) in [6, 6.07) is 29.1. The van der Waals surface area contributed by atoms with Crippen molar-refractivity contribution in [1.29, 1.82) is 0 Å². The van der Waals surface area contributed by atoms with Gasteiger partial charge in [-0.2, -0.15) is 0 Å². The van der Waals surface area contributed by atoms with Gasteiger partial charge in [-0.3, -0.25) is 0 Å². The molecular formula is C36H44. The number of hydrogen-bond donors (Lipinski definition) is 0. The standard InChI is InChI=1S/C36H44/c1-3-4-6-9-30-12-14-31(15-13-30)16-17-32-18-20-33(21-19-32)22-23-34-24-26-35(27-25-34)28-29(2)36-10-7-5-8-11-36/h3-5,7-8,10-11,18-27,29-31H,6,9,12-17,28H2,1-2H3/b4-3+,23-22?/t29-,30?,31?/m1/s1. The third kappa shape index (κ3) is 8.37. The summed E-state index contributed by atoms with van der Waals surface area (Å²) in [5.74, 6) is 2.44. The maximum absolute atomic E-state index is 2.33. The molecular weight excluding hydrogens is 432 g/mol. The van der Waals surface area contributed by atoms with E-state index in [0.717, 1.165) is 18.3 Å². The lowest BCUT2D eigenvalue weighted by Crippen LogP contribution is -2.15. The highest BCUT2D eigenvalue weighted by Crippen LogP contribution is 2.34. The minimum absolute atomic E-state index is 0.536. The number of rotatable bonds is 11. The zero-order valence-corrected chi connectivity index (χ0v) is 22.4. The van der Waals surface area contributed by atoms with E-state index in [0.29, 0.717) is 5.92 Å². The molecule has 1 aliphatic rings. The van der Waals surface area contributed by atoms with E-state index in [2.05, 4.69) is 117 Å². The van der Waals surface area contributed by atoms with Gasteiger partial charge in [0.1, 0.15) is 0 Å². The summed E-state index contributed by atoms with van der Waals surface area (Å²) in [6.45, 7) is 4.44. The van der Waals surface area contributed by atoms with Gasteiger partial charge in [0.2, 0.25) is 0 Å². The molecule has 0 bridgehead atoms. The molecule has 0 nitrogen and oxygen atoms in total. The van der Waals surface area contributed by atoms with Crippen molar-refractivity contribution < 1.29 is 0 Å². The first kappa shape index (κ1) is 26.2. The van der Waals surface area contributed by atoms with Crippen LogP contribution >= 0.6 is 0 Å². The van der Waals surface area contributed by atoms with Gasteiger partial charge in [-0.1, -0.05) is 136 Å². The first-order chi connectivity index (χ1) is 17.7. The van der Waals surface area contributed by atoms with Crippen molar-refractivity contribution in [2.75, 3.05) is 0 Å². The van der Waals surface area contributed by atoms with Crippen LogP contribution in [-0.4, -0.2) is 0 Å². The van der Waals surface area contributed by atoms with Crippen LogP contribution in [0.2, 0.25) is 0 Å². The van der Waals surface area contributed by atoms with Crippen LogP contribution in [0.25, 0.3) is 12.2 Å². The molecule has 0 spiro atoms. The Morgan fingerprint density at radius 1 is 0.694 bits per heavy atom. The molecule has 0 radical (unpaired) electrons. The van der Waals surface area contributed by atoms with Crippen LogP contribution in [0.3, 0.4) is 0 Å². The lowest BCUT2D eigenvalue weighted by atomic mass is 9.78. The molecule has 0 heteroatoms. The minimum atomic E-state index is 0.536. The van der Waals surface area contributed by atoms with E-state index in [1.165, 1.54) is 79.2 Å². The van der Waals surface area contributed by atoms with Gasteiger partial charge >= 0.3 is 0 Å². The van der Waals surface area contributed by atoms with Crippen molar-refractivity contribution in [3.05, 3.63) is 119 Å². The van der Waals surface area contributed by atoms with E-state index < -0.39 is 0 Å². The molecule has 1 saturated carbocycles. The maximum atomic E-state index is 2.33. The smallest absolute Gasteiger partial charge is 0.0150 e. The van der Waals surface area contributed by atoms with Gasteiger partial charge in [0.25, 0.3) is 0 Å². The number of hydrogen-bond acceptors (Lipinski definition) is 0. The summed E-state index contributed by atoms with van der Waals surface area (Å²) < 4.78 is 0. The van der Waals surface area contributed by atoms with Crippen LogP contribution in [0.5, 0.6) is 0 Å². The lowest BCUT2D eigenvalue weighted by molar-refractivity contribution is 0.254. The molecule has 1 fully saturated rings. The molecule has 1 atom stereocenters. The van der Waals surface area contributed by atoms with Crippen molar-refractivity contribution in [3.8, 4) is 0 Å². The second-order valence-corrected chi connectivity index (χ2v) is 10.9. The van der Waals surface area contributed by atoms with Crippen molar-refractivity contribution in [3.63, 3.8) is 0 Å². The molecule has 0 saturated heterocycles. The molecule has 0 unspecified atom stereocenters. The van der Waals surface area contributed by atoms with Gasteiger partial charge in [0.15, 0.2) is 0 Å². The lowest BCUT2D eigenvalue weighted by Gasteiger charge is -2.28. The average Bonchev–Trinajstić information content (AvgIpc) is 2.93. The fourth-order valence-electron chi connectivity index (χ4n) is 5.68. The molecule has 0 amide bonds. The normalized spacial score (nSPS) is 19.2. The molecule has 0 aromatic heterocycles. The topological polar surface area (TPSA) is 0 Å². The predicted octanol–water partition coefficient (Wildman–Crippen LogP) is 10.3. The molecule has 3 aromatic carbocycles. The monoisotopic (exact) mass is 476 g/mol. The highest BCUT2D eigenvalue weighted by Gasteiger charge is 2.20. The highest BCUT2D eigenvalue weighted by molar-refractivity contribution is 5.69. The summed E-state index contributed by atoms with van der Waals surface area (Å²) in [6.07, 6.45) is 21.1. The van der Waals surface area contributed by atoms with Crippen molar-refractivity contribution in [1.82, 2.24) is 0 Å². The SMILES string of the molecule is C/C=C/CCC1CCC(CCc2ccc(C=Cc3ccc(C[C@@H](C)c4ccccc4)cc3)cc2)CC1. The molecule has 1 aliphatic carbocycles. The van der Waals surface area contributed by atoms with E-state index in [4.69, 9.17) is 0 Å². The summed E-state index contributed by atoms with van der Waals surface area (Å²) >= 11 is 0. The van der Waals surface area contributed by atoms with Gasteiger partial charge in [-0.15, -0.1) is 0 Å². The van der Waals surface area contributed by atoms with E-state index in [1.54, 1.807) is 0 Å². The summed E-state index contributed by atoms with van der Waals surface area (Å²) in [5, 5.41) is 0. The van der Waals surface area contributed by atoms with Gasteiger partial charge in [0.05, 0.1) is 0 Å². The van der Waals surface area contributed by atoms with Gasteiger partial charge in [-0.05, 0) is 84.6 Å². The first-order valence-electron chi connectivity index (χ1n) is 14.2. The fraction of sp³-hybridized carbons (Fsp3) is 0.389. The summed E-state index contributed by atoms with van der Waals surface area (Å²) in [5.41, 5.74) is 6.83. The zero-order valence-electron chi connectivity index (χ0n) is 22.4. The Bertz CT molecular complexity index is 1060. The van der Waals surface area contributed by atoms with Crippen molar-refractivity contribution >= 4 is 12.2 Å². The third-order valence-electron chi connectivity index (χ3n) is 8.12. The van der Waals surface area contributed by atoms with Crippen LogP contribution < -0.4 is 0 Å². The molecule has 3 aromatic rings. The van der Waals surface area contributed by atoms with Gasteiger partial charge in [0, 0.05) is 0 Å². The van der Waals surface area contributed by atoms with E-state index in [-0.39, 0.29) is 0 Å². The van der Waals surface area contributed by atoms with Crippen LogP contribution in [0.15, 0.2) is 91.0 Å². The minimum Gasteiger partial charge on any atom is -0.0917 e. The van der Waals surface area contributed by atoms with Gasteiger partial charge < -0.3 is 0 Å². The number of benzene rings is 3. The fourth-order valence-corrected chi connectivity index (χ4v) is 5.68. The Labute approximate surface area is 220 Å². The average molecular weight is 477 g/mol. The first-order valence-corrected chi connectivity index (χ1v) is 14.2. The quantitative estimate of drug-likeness (QED) is 0.191. The van der Waals surface area contributed by atoms with E-state index >= 15 is 0 Å². The van der Waals surface area contributed by atoms with Crippen LogP contribution in [0.4, 0.5) is 0 Å². The molecule has 4 rings (SSSR count). The van der Waals surface area contributed by atoms with E-state index in [1.807, 2.05) is 0 Å². The molecule has 0 aliphatic heterocycles. The van der Waals surface area contributed by atoms with Crippen LogP contribution in [-0.2, 0) is 12.8 Å². The van der Waals surface area contributed by atoms with Crippen LogP contribution in [0, 0.1) is 11.8 Å². The number of aryl methyl sites for hydroxylation is 1. The Morgan fingerprint density at radius 3 is 1.83 bits per heavy atom.